The molecule has 2 aromatic carbocycles. The number of benzene rings is 2. The molecule has 1 aliphatic rings. The van der Waals surface area contributed by atoms with Gasteiger partial charge in [-0.1, -0.05) is 17.7 Å². The summed E-state index contributed by atoms with van der Waals surface area (Å²) in [4.78, 5) is 30.1. The Morgan fingerprint density at radius 2 is 1.77 bits per heavy atom. The predicted octanol–water partition coefficient (Wildman–Crippen LogP) is 4.83. The summed E-state index contributed by atoms with van der Waals surface area (Å²) in [7, 11) is 3.19. The molecule has 0 atom stereocenters. The van der Waals surface area contributed by atoms with Gasteiger partial charge in [-0.25, -0.2) is 0 Å². The smallest absolute Gasteiger partial charge is 0.254 e. The third-order valence-corrected chi connectivity index (χ3v) is 6.30. The molecule has 2 amide bonds. The number of carbonyl (C=O) groups is 2. The number of hydrogen-bond donors (Lipinski definition) is 0. The summed E-state index contributed by atoms with van der Waals surface area (Å²) in [6.07, 6.45) is 4.00. The van der Waals surface area contributed by atoms with E-state index in [1.165, 1.54) is 0 Å². The summed E-state index contributed by atoms with van der Waals surface area (Å²) in [5.74, 6) is 1.70. The van der Waals surface area contributed by atoms with Crippen molar-refractivity contribution >= 4 is 23.4 Å². The molecule has 4 rings (SSSR count). The van der Waals surface area contributed by atoms with E-state index in [4.69, 9.17) is 25.5 Å². The van der Waals surface area contributed by atoms with Crippen molar-refractivity contribution in [1.29, 1.82) is 0 Å². The third kappa shape index (κ3) is 6.36. The molecule has 0 aliphatic heterocycles. The predicted molar refractivity (Wildman–Crippen MR) is 133 cm³/mol. The third-order valence-electron chi connectivity index (χ3n) is 6.04. The molecule has 3 aromatic rings. The first-order chi connectivity index (χ1) is 17.0. The molecule has 0 unspecified atom stereocenters. The van der Waals surface area contributed by atoms with Gasteiger partial charge in [0.1, 0.15) is 12.3 Å². The highest BCUT2D eigenvalue weighted by atomic mass is 35.5. The van der Waals surface area contributed by atoms with Crippen LogP contribution in [0.25, 0.3) is 0 Å². The first-order valence-electron chi connectivity index (χ1n) is 11.6. The highest BCUT2D eigenvalue weighted by Crippen LogP contribution is 2.29. The lowest BCUT2D eigenvalue weighted by atomic mass is 10.1. The molecule has 184 valence electrons. The number of methoxy groups -OCH3 is 2. The topological polar surface area (TPSA) is 72.2 Å². The van der Waals surface area contributed by atoms with Gasteiger partial charge < -0.3 is 23.7 Å². The van der Waals surface area contributed by atoms with Crippen molar-refractivity contribution in [2.75, 3.05) is 27.3 Å². The minimum absolute atomic E-state index is 0.0127. The lowest BCUT2D eigenvalue weighted by Gasteiger charge is -2.27. The number of rotatable bonds is 11. The standard InChI is InChI=1S/C27H29ClN2O5/c1-33-24-12-5-19(16-25(24)34-2)13-14-29(17-23-4-3-15-35-23)26(31)18-30(22-10-11-22)27(32)20-6-8-21(28)9-7-20/h3-9,12,15-16,22H,10-11,13-14,17-18H2,1-2H3. The zero-order valence-corrected chi connectivity index (χ0v) is 20.7. The van der Waals surface area contributed by atoms with E-state index in [1.54, 1.807) is 60.6 Å². The Labute approximate surface area is 210 Å². The molecule has 0 saturated heterocycles. The second-order valence-electron chi connectivity index (χ2n) is 8.51. The number of amides is 2. The summed E-state index contributed by atoms with van der Waals surface area (Å²) in [5, 5.41) is 0.565. The Hall–Kier alpha value is -3.45. The first kappa shape index (κ1) is 24.7. The molecule has 0 N–H and O–H groups in total. The van der Waals surface area contributed by atoms with Crippen LogP contribution in [0.5, 0.6) is 11.5 Å². The van der Waals surface area contributed by atoms with Gasteiger partial charge in [0.05, 0.1) is 27.0 Å². The average Bonchev–Trinajstić information content (AvgIpc) is 3.59. The molecule has 8 heteroatoms. The molecule has 1 saturated carbocycles. The fourth-order valence-corrected chi connectivity index (χ4v) is 4.07. The second-order valence-corrected chi connectivity index (χ2v) is 8.94. The van der Waals surface area contributed by atoms with Gasteiger partial charge in [0, 0.05) is 23.2 Å². The number of hydrogen-bond acceptors (Lipinski definition) is 5. The van der Waals surface area contributed by atoms with Crippen molar-refractivity contribution in [2.24, 2.45) is 0 Å². The molecule has 1 heterocycles. The summed E-state index contributed by atoms with van der Waals surface area (Å²) in [5.41, 5.74) is 1.54. The van der Waals surface area contributed by atoms with E-state index in [2.05, 4.69) is 0 Å². The SMILES string of the molecule is COc1ccc(CCN(Cc2ccco2)C(=O)CN(C(=O)c2ccc(Cl)cc2)C2CC2)cc1OC. The Morgan fingerprint density at radius 3 is 2.40 bits per heavy atom. The second kappa shape index (κ2) is 11.3. The Balaban J connectivity index is 1.48. The largest absolute Gasteiger partial charge is 0.493 e. The maximum atomic E-state index is 13.5. The molecule has 0 radical (unpaired) electrons. The molecular formula is C27H29ClN2O5. The Bertz CT molecular complexity index is 1140. The minimum Gasteiger partial charge on any atom is -0.493 e. The molecule has 1 fully saturated rings. The minimum atomic E-state index is -0.157. The van der Waals surface area contributed by atoms with Crippen LogP contribution in [-0.4, -0.2) is 55.0 Å². The normalized spacial score (nSPS) is 12.8. The van der Waals surface area contributed by atoms with E-state index in [1.807, 2.05) is 24.3 Å². The number of furan rings is 1. The summed E-state index contributed by atoms with van der Waals surface area (Å²) >= 11 is 5.98. The first-order valence-corrected chi connectivity index (χ1v) is 11.9. The van der Waals surface area contributed by atoms with E-state index in [9.17, 15) is 9.59 Å². The lowest BCUT2D eigenvalue weighted by molar-refractivity contribution is -0.132. The van der Waals surface area contributed by atoms with Crippen LogP contribution in [0, 0.1) is 0 Å². The Kier molecular flexibility index (Phi) is 7.98. The van der Waals surface area contributed by atoms with Crippen LogP contribution >= 0.6 is 11.6 Å². The zero-order valence-electron chi connectivity index (χ0n) is 19.9. The van der Waals surface area contributed by atoms with Crippen molar-refractivity contribution in [3.8, 4) is 11.5 Å². The van der Waals surface area contributed by atoms with E-state index in [-0.39, 0.29) is 24.4 Å². The van der Waals surface area contributed by atoms with Crippen LogP contribution in [0.4, 0.5) is 0 Å². The summed E-state index contributed by atoms with van der Waals surface area (Å²) in [6.45, 7) is 0.800. The van der Waals surface area contributed by atoms with Gasteiger partial charge in [0.15, 0.2) is 11.5 Å². The molecular weight excluding hydrogens is 468 g/mol. The van der Waals surface area contributed by atoms with Gasteiger partial charge in [-0.05, 0) is 73.4 Å². The van der Waals surface area contributed by atoms with Gasteiger partial charge in [0.25, 0.3) is 5.91 Å². The van der Waals surface area contributed by atoms with Gasteiger partial charge in [-0.3, -0.25) is 9.59 Å². The monoisotopic (exact) mass is 496 g/mol. The molecule has 1 aromatic heterocycles. The molecule has 0 bridgehead atoms. The van der Waals surface area contributed by atoms with E-state index >= 15 is 0 Å². The average molecular weight is 497 g/mol. The van der Waals surface area contributed by atoms with Crippen molar-refractivity contribution < 1.29 is 23.5 Å². The van der Waals surface area contributed by atoms with Crippen molar-refractivity contribution in [3.63, 3.8) is 0 Å². The fraction of sp³-hybridized carbons (Fsp3) is 0.333. The quantitative estimate of drug-likeness (QED) is 0.380. The molecule has 1 aliphatic carbocycles. The lowest BCUT2D eigenvalue weighted by Crippen LogP contribution is -2.44. The maximum absolute atomic E-state index is 13.5. The van der Waals surface area contributed by atoms with Crippen LogP contribution in [0.2, 0.25) is 5.02 Å². The summed E-state index contributed by atoms with van der Waals surface area (Å²) in [6, 6.07) is 16.2. The Morgan fingerprint density at radius 1 is 1.03 bits per heavy atom. The van der Waals surface area contributed by atoms with Gasteiger partial charge >= 0.3 is 0 Å². The van der Waals surface area contributed by atoms with Crippen molar-refractivity contribution in [2.45, 2.75) is 31.8 Å². The van der Waals surface area contributed by atoms with Crippen LogP contribution in [-0.2, 0) is 17.8 Å². The molecule has 0 spiro atoms. The summed E-state index contributed by atoms with van der Waals surface area (Å²) < 4.78 is 16.2. The van der Waals surface area contributed by atoms with Gasteiger partial charge in [0.2, 0.25) is 5.91 Å². The van der Waals surface area contributed by atoms with E-state index < -0.39 is 0 Å². The van der Waals surface area contributed by atoms with Gasteiger partial charge in [-0.15, -0.1) is 0 Å². The van der Waals surface area contributed by atoms with Crippen LogP contribution < -0.4 is 9.47 Å². The molecule has 35 heavy (non-hydrogen) atoms. The van der Waals surface area contributed by atoms with E-state index in [0.717, 1.165) is 18.4 Å². The highest BCUT2D eigenvalue weighted by molar-refractivity contribution is 6.30. The van der Waals surface area contributed by atoms with Crippen LogP contribution in [0.3, 0.4) is 0 Å². The number of ether oxygens (including phenoxy) is 2. The number of halogens is 1. The number of nitrogens with zero attached hydrogens (tertiary/aromatic N) is 2. The van der Waals surface area contributed by atoms with Crippen molar-refractivity contribution in [3.05, 3.63) is 82.8 Å². The number of carbonyl (C=O) groups excluding carboxylic acids is 2. The fourth-order valence-electron chi connectivity index (χ4n) is 3.94. The van der Waals surface area contributed by atoms with Crippen molar-refractivity contribution in [1.82, 2.24) is 9.80 Å². The van der Waals surface area contributed by atoms with E-state index in [0.29, 0.717) is 47.4 Å². The van der Waals surface area contributed by atoms with Crippen LogP contribution in [0.15, 0.2) is 65.3 Å². The zero-order chi connectivity index (χ0) is 24.8. The molecule has 7 nitrogen and oxygen atoms in total. The maximum Gasteiger partial charge on any atom is 0.254 e. The van der Waals surface area contributed by atoms with Crippen LogP contribution in [0.1, 0.15) is 34.5 Å². The highest BCUT2D eigenvalue weighted by Gasteiger charge is 2.35. The van der Waals surface area contributed by atoms with Gasteiger partial charge in [-0.2, -0.15) is 0 Å².